The van der Waals surface area contributed by atoms with Crippen LogP contribution in [0.2, 0.25) is 0 Å². The van der Waals surface area contributed by atoms with Gasteiger partial charge in [0, 0.05) is 6.04 Å². The monoisotopic (exact) mass is 284 g/mol. The zero-order valence-corrected chi connectivity index (χ0v) is 13.3. The van der Waals surface area contributed by atoms with Crippen LogP contribution < -0.4 is 10.5 Å². The van der Waals surface area contributed by atoms with Crippen molar-refractivity contribution in [1.82, 2.24) is 4.98 Å². The minimum absolute atomic E-state index is 0.00915. The number of nitrogens with zero attached hydrogens (tertiary/aromatic N) is 1. The third-order valence-corrected chi connectivity index (χ3v) is 3.53. The van der Waals surface area contributed by atoms with Crippen molar-refractivity contribution in [3.8, 4) is 11.5 Å². The van der Waals surface area contributed by atoms with Crippen LogP contribution >= 0.6 is 0 Å². The van der Waals surface area contributed by atoms with E-state index >= 15 is 0 Å². The summed E-state index contributed by atoms with van der Waals surface area (Å²) in [5, 5.41) is 0. The van der Waals surface area contributed by atoms with Gasteiger partial charge < -0.3 is 10.5 Å². The maximum atomic E-state index is 5.95. The Bertz CT molecular complexity index is 568. The first-order chi connectivity index (χ1) is 9.90. The van der Waals surface area contributed by atoms with Crippen LogP contribution in [0.3, 0.4) is 0 Å². The highest BCUT2D eigenvalue weighted by atomic mass is 16.5. The van der Waals surface area contributed by atoms with Crippen molar-refractivity contribution >= 4 is 0 Å². The van der Waals surface area contributed by atoms with Gasteiger partial charge in [-0.2, -0.15) is 0 Å². The van der Waals surface area contributed by atoms with E-state index < -0.39 is 0 Å². The molecule has 1 heterocycles. The fraction of sp³-hybridized carbons (Fsp3) is 0.389. The minimum Gasteiger partial charge on any atom is -0.456 e. The maximum absolute atomic E-state index is 5.95. The van der Waals surface area contributed by atoms with E-state index in [0.29, 0.717) is 0 Å². The SMILES string of the molecule is CC[C@@H](N)c1ccc(Oc2ccc(C(C)(C)C)cc2)cn1. The Kier molecular flexibility index (Phi) is 4.63. The molecule has 2 rings (SSSR count). The molecule has 0 bridgehead atoms. The van der Waals surface area contributed by atoms with Crippen molar-refractivity contribution in [2.24, 2.45) is 5.73 Å². The van der Waals surface area contributed by atoms with Crippen LogP contribution in [0.25, 0.3) is 0 Å². The van der Waals surface area contributed by atoms with E-state index in [2.05, 4.69) is 37.9 Å². The smallest absolute Gasteiger partial charge is 0.145 e. The molecule has 0 aliphatic carbocycles. The van der Waals surface area contributed by atoms with E-state index in [1.807, 2.05) is 31.2 Å². The summed E-state index contributed by atoms with van der Waals surface area (Å²) in [4.78, 5) is 4.35. The summed E-state index contributed by atoms with van der Waals surface area (Å²) in [6.07, 6.45) is 2.60. The Hall–Kier alpha value is -1.87. The lowest BCUT2D eigenvalue weighted by Gasteiger charge is -2.19. The molecule has 0 saturated carbocycles. The summed E-state index contributed by atoms with van der Waals surface area (Å²) in [6.45, 7) is 8.64. The molecule has 0 saturated heterocycles. The van der Waals surface area contributed by atoms with E-state index in [0.717, 1.165) is 23.6 Å². The molecule has 1 aromatic heterocycles. The molecule has 2 N–H and O–H groups in total. The van der Waals surface area contributed by atoms with Crippen molar-refractivity contribution in [2.45, 2.75) is 45.6 Å². The number of pyridine rings is 1. The lowest BCUT2D eigenvalue weighted by Crippen LogP contribution is -2.10. The van der Waals surface area contributed by atoms with Crippen LogP contribution in [0.5, 0.6) is 11.5 Å². The van der Waals surface area contributed by atoms with E-state index in [4.69, 9.17) is 10.5 Å². The predicted octanol–water partition coefficient (Wildman–Crippen LogP) is 4.58. The molecule has 3 nitrogen and oxygen atoms in total. The summed E-state index contributed by atoms with van der Waals surface area (Å²) in [5.41, 5.74) is 8.29. The topological polar surface area (TPSA) is 48.1 Å². The van der Waals surface area contributed by atoms with Gasteiger partial charge in [0.1, 0.15) is 11.5 Å². The quantitative estimate of drug-likeness (QED) is 0.893. The first-order valence-corrected chi connectivity index (χ1v) is 7.40. The molecule has 3 heteroatoms. The van der Waals surface area contributed by atoms with Crippen molar-refractivity contribution in [1.29, 1.82) is 0 Å². The highest BCUT2D eigenvalue weighted by Crippen LogP contribution is 2.27. The molecule has 0 aliphatic rings. The third kappa shape index (κ3) is 4.05. The average molecular weight is 284 g/mol. The van der Waals surface area contributed by atoms with Gasteiger partial charge in [-0.05, 0) is 41.7 Å². The van der Waals surface area contributed by atoms with Crippen LogP contribution in [-0.2, 0) is 5.41 Å². The fourth-order valence-electron chi connectivity index (χ4n) is 2.04. The Balaban J connectivity index is 2.08. The fourth-order valence-corrected chi connectivity index (χ4v) is 2.04. The largest absolute Gasteiger partial charge is 0.456 e. The molecule has 112 valence electrons. The maximum Gasteiger partial charge on any atom is 0.145 e. The van der Waals surface area contributed by atoms with Crippen LogP contribution in [-0.4, -0.2) is 4.98 Å². The van der Waals surface area contributed by atoms with E-state index in [1.165, 1.54) is 5.56 Å². The third-order valence-electron chi connectivity index (χ3n) is 3.53. The molecule has 0 unspecified atom stereocenters. The Morgan fingerprint density at radius 2 is 1.67 bits per heavy atom. The van der Waals surface area contributed by atoms with Gasteiger partial charge in [0.2, 0.25) is 0 Å². The summed E-state index contributed by atoms with van der Waals surface area (Å²) in [5.74, 6) is 1.54. The highest BCUT2D eigenvalue weighted by molar-refractivity contribution is 5.34. The van der Waals surface area contributed by atoms with Gasteiger partial charge in [-0.25, -0.2) is 0 Å². The van der Waals surface area contributed by atoms with Gasteiger partial charge in [-0.15, -0.1) is 0 Å². The van der Waals surface area contributed by atoms with Crippen molar-refractivity contribution in [3.05, 3.63) is 53.9 Å². The van der Waals surface area contributed by atoms with Crippen LogP contribution in [0.1, 0.15) is 51.4 Å². The number of rotatable bonds is 4. The van der Waals surface area contributed by atoms with Crippen LogP contribution in [0.15, 0.2) is 42.6 Å². The molecule has 1 aromatic carbocycles. The predicted molar refractivity (Wildman–Crippen MR) is 86.7 cm³/mol. The Morgan fingerprint density at radius 3 is 2.14 bits per heavy atom. The molecular weight excluding hydrogens is 260 g/mol. The van der Waals surface area contributed by atoms with Gasteiger partial charge in [0.25, 0.3) is 0 Å². The van der Waals surface area contributed by atoms with E-state index in [1.54, 1.807) is 6.20 Å². The molecule has 21 heavy (non-hydrogen) atoms. The summed E-state index contributed by atoms with van der Waals surface area (Å²) >= 11 is 0. The van der Waals surface area contributed by atoms with Crippen molar-refractivity contribution < 1.29 is 4.74 Å². The number of aromatic nitrogens is 1. The molecule has 1 atom stereocenters. The molecule has 0 spiro atoms. The minimum atomic E-state index is -0.00915. The van der Waals surface area contributed by atoms with Crippen molar-refractivity contribution in [2.75, 3.05) is 0 Å². The molecule has 0 amide bonds. The second-order valence-corrected chi connectivity index (χ2v) is 6.31. The number of ether oxygens (including phenoxy) is 1. The molecule has 2 aromatic rings. The first kappa shape index (κ1) is 15.5. The number of hydrogen-bond donors (Lipinski definition) is 1. The lowest BCUT2D eigenvalue weighted by atomic mass is 9.87. The summed E-state index contributed by atoms with van der Waals surface area (Å²) < 4.78 is 5.81. The number of benzene rings is 1. The van der Waals surface area contributed by atoms with Gasteiger partial charge in [-0.1, -0.05) is 39.8 Å². The van der Waals surface area contributed by atoms with Gasteiger partial charge >= 0.3 is 0 Å². The summed E-state index contributed by atoms with van der Waals surface area (Å²) in [6, 6.07) is 12.0. The number of nitrogens with two attached hydrogens (primary N) is 1. The lowest BCUT2D eigenvalue weighted by molar-refractivity contribution is 0.478. The first-order valence-electron chi connectivity index (χ1n) is 7.40. The van der Waals surface area contributed by atoms with Crippen molar-refractivity contribution in [3.63, 3.8) is 0 Å². The van der Waals surface area contributed by atoms with E-state index in [9.17, 15) is 0 Å². The standard InChI is InChI=1S/C18H24N2O/c1-5-16(19)17-11-10-15(12-20-17)21-14-8-6-13(7-9-14)18(2,3)4/h6-12,16H,5,19H2,1-4H3/t16-/m1/s1. The Morgan fingerprint density at radius 1 is 1.05 bits per heavy atom. The zero-order chi connectivity index (χ0) is 15.5. The van der Waals surface area contributed by atoms with Crippen LogP contribution in [0.4, 0.5) is 0 Å². The second kappa shape index (κ2) is 6.27. The van der Waals surface area contributed by atoms with Crippen LogP contribution in [0, 0.1) is 0 Å². The second-order valence-electron chi connectivity index (χ2n) is 6.31. The van der Waals surface area contributed by atoms with Gasteiger partial charge in [0.05, 0.1) is 11.9 Å². The average Bonchev–Trinajstić information content (AvgIpc) is 2.47. The molecule has 0 fully saturated rings. The molecule has 0 radical (unpaired) electrons. The van der Waals surface area contributed by atoms with E-state index in [-0.39, 0.29) is 11.5 Å². The normalized spacial score (nSPS) is 13.0. The summed E-state index contributed by atoms with van der Waals surface area (Å²) in [7, 11) is 0. The Labute approximate surface area is 127 Å². The van der Waals surface area contributed by atoms with Gasteiger partial charge in [0.15, 0.2) is 0 Å². The number of hydrogen-bond acceptors (Lipinski definition) is 3. The highest BCUT2D eigenvalue weighted by Gasteiger charge is 2.13. The van der Waals surface area contributed by atoms with Gasteiger partial charge in [-0.3, -0.25) is 4.98 Å². The molecule has 0 aliphatic heterocycles. The molecular formula is C18H24N2O. The zero-order valence-electron chi connectivity index (χ0n) is 13.3.